The molecule has 0 aliphatic heterocycles. The molecule has 1 atom stereocenters. The smallest absolute Gasteiger partial charge is 0.408 e. The summed E-state index contributed by atoms with van der Waals surface area (Å²) in [6.07, 6.45) is 1.57. The number of anilines is 1. The molecule has 2 amide bonds. The number of aromatic nitrogens is 2. The monoisotopic (exact) mass is 476 g/mol. The lowest BCUT2D eigenvalue weighted by Crippen LogP contribution is -2.52. The van der Waals surface area contributed by atoms with Crippen LogP contribution in [0.25, 0.3) is 11.3 Å². The van der Waals surface area contributed by atoms with Gasteiger partial charge in [0.05, 0.1) is 16.3 Å². The highest BCUT2D eigenvalue weighted by atomic mass is 35.5. The van der Waals surface area contributed by atoms with E-state index in [1.54, 1.807) is 18.2 Å². The van der Waals surface area contributed by atoms with Crippen molar-refractivity contribution in [3.63, 3.8) is 0 Å². The number of hydrogen-bond donors (Lipinski definition) is 2. The van der Waals surface area contributed by atoms with Crippen molar-refractivity contribution in [3.8, 4) is 17.0 Å². The number of amides is 2. The van der Waals surface area contributed by atoms with Crippen LogP contribution >= 0.6 is 11.6 Å². The molecule has 2 N–H and O–H groups in total. The fourth-order valence-electron chi connectivity index (χ4n) is 3.38. The molecule has 0 fully saturated rings. The van der Waals surface area contributed by atoms with Crippen LogP contribution in [0.4, 0.5) is 10.6 Å². The lowest BCUT2D eigenvalue weighted by molar-refractivity contribution is -0.114. The molecule has 0 bridgehead atoms. The molecule has 0 aliphatic carbocycles. The van der Waals surface area contributed by atoms with Crippen LogP contribution in [0.5, 0.6) is 5.75 Å². The van der Waals surface area contributed by atoms with Crippen LogP contribution in [-0.4, -0.2) is 39.7 Å². The molecule has 0 spiro atoms. The summed E-state index contributed by atoms with van der Waals surface area (Å²) in [7, 11) is 0. The number of carbonyl (C=O) groups excluding carboxylic acids is 2. The van der Waals surface area contributed by atoms with Gasteiger partial charge in [0.25, 0.3) is 0 Å². The zero-order valence-corrected chi connectivity index (χ0v) is 21.0. The minimum Gasteiger partial charge on any atom is -0.490 e. The SMILES string of the molecule is CC(=O)Nc1cc(-c2ccc(OC[C@](C)(CC(C)C)NC(=O)OC(C)(C)C)c(Cl)c2)ncn1. The first-order chi connectivity index (χ1) is 15.3. The van der Waals surface area contributed by atoms with E-state index in [0.717, 1.165) is 5.56 Å². The highest BCUT2D eigenvalue weighted by molar-refractivity contribution is 6.32. The molecule has 1 aromatic carbocycles. The largest absolute Gasteiger partial charge is 0.490 e. The zero-order valence-electron chi connectivity index (χ0n) is 20.3. The van der Waals surface area contributed by atoms with Crippen LogP contribution in [-0.2, 0) is 9.53 Å². The van der Waals surface area contributed by atoms with Crippen LogP contribution in [0.3, 0.4) is 0 Å². The van der Waals surface area contributed by atoms with Gasteiger partial charge in [0.15, 0.2) is 0 Å². The zero-order chi connectivity index (χ0) is 24.8. The number of nitrogens with one attached hydrogen (secondary N) is 2. The van der Waals surface area contributed by atoms with Crippen molar-refractivity contribution in [2.24, 2.45) is 5.92 Å². The fraction of sp³-hybridized carbons (Fsp3) is 0.500. The van der Waals surface area contributed by atoms with Gasteiger partial charge in [-0.3, -0.25) is 4.79 Å². The molecular weight excluding hydrogens is 444 g/mol. The standard InChI is InChI=1S/C24H33ClN4O4/c1-15(2)12-24(7,29-22(31)33-23(4,5)6)13-32-20-9-8-17(10-18(20)25)19-11-21(27-14-26-19)28-16(3)30/h8-11,14-15H,12-13H2,1-7H3,(H,29,31)(H,26,27,28,30)/t24-/m0/s1. The summed E-state index contributed by atoms with van der Waals surface area (Å²) in [5.41, 5.74) is 0.110. The first-order valence-corrected chi connectivity index (χ1v) is 11.2. The third kappa shape index (κ3) is 8.88. The van der Waals surface area contributed by atoms with E-state index in [-0.39, 0.29) is 12.5 Å². The average molecular weight is 477 g/mol. The van der Waals surface area contributed by atoms with Crippen molar-refractivity contribution in [3.05, 3.63) is 35.6 Å². The predicted molar refractivity (Wildman–Crippen MR) is 130 cm³/mol. The number of alkyl carbamates (subject to hydrolysis) is 1. The van der Waals surface area contributed by atoms with Gasteiger partial charge in [-0.15, -0.1) is 0 Å². The highest BCUT2D eigenvalue weighted by Gasteiger charge is 2.31. The maximum absolute atomic E-state index is 12.4. The van der Waals surface area contributed by atoms with Gasteiger partial charge in [-0.05, 0) is 58.2 Å². The molecule has 9 heteroatoms. The molecule has 0 unspecified atom stereocenters. The number of hydrogen-bond acceptors (Lipinski definition) is 6. The Morgan fingerprint density at radius 3 is 2.39 bits per heavy atom. The summed E-state index contributed by atoms with van der Waals surface area (Å²) in [4.78, 5) is 31.9. The van der Waals surface area contributed by atoms with Crippen molar-refractivity contribution in [2.75, 3.05) is 11.9 Å². The number of nitrogens with zero attached hydrogens (tertiary/aromatic N) is 2. The Morgan fingerprint density at radius 1 is 1.12 bits per heavy atom. The fourth-order valence-corrected chi connectivity index (χ4v) is 3.61. The summed E-state index contributed by atoms with van der Waals surface area (Å²) in [5.74, 6) is 0.993. The van der Waals surface area contributed by atoms with Crippen LogP contribution < -0.4 is 15.4 Å². The molecule has 0 saturated carbocycles. The van der Waals surface area contributed by atoms with Gasteiger partial charge in [-0.25, -0.2) is 14.8 Å². The molecule has 1 aromatic heterocycles. The first kappa shape index (κ1) is 26.4. The summed E-state index contributed by atoms with van der Waals surface area (Å²) in [6, 6.07) is 6.97. The second kappa shape index (κ2) is 10.8. The molecule has 180 valence electrons. The summed E-state index contributed by atoms with van der Waals surface area (Å²) in [5, 5.41) is 5.98. The Bertz CT molecular complexity index is 991. The average Bonchev–Trinajstić information content (AvgIpc) is 2.64. The number of rotatable bonds is 8. The third-order valence-corrected chi connectivity index (χ3v) is 4.70. The number of halogens is 1. The summed E-state index contributed by atoms with van der Waals surface area (Å²) >= 11 is 6.48. The molecule has 33 heavy (non-hydrogen) atoms. The van der Waals surface area contributed by atoms with Crippen molar-refractivity contribution in [2.45, 2.75) is 66.0 Å². The van der Waals surface area contributed by atoms with Crippen LogP contribution in [0, 0.1) is 5.92 Å². The van der Waals surface area contributed by atoms with E-state index >= 15 is 0 Å². The van der Waals surface area contributed by atoms with E-state index in [9.17, 15) is 9.59 Å². The second-order valence-corrected chi connectivity index (χ2v) is 10.1. The van der Waals surface area contributed by atoms with E-state index in [1.807, 2.05) is 33.8 Å². The number of ether oxygens (including phenoxy) is 2. The molecule has 8 nitrogen and oxygen atoms in total. The van der Waals surface area contributed by atoms with Gasteiger partial charge >= 0.3 is 6.09 Å². The van der Waals surface area contributed by atoms with Gasteiger partial charge in [-0.1, -0.05) is 25.4 Å². The maximum Gasteiger partial charge on any atom is 0.408 e. The molecule has 2 aromatic rings. The number of carbonyl (C=O) groups is 2. The molecule has 1 heterocycles. The van der Waals surface area contributed by atoms with Crippen molar-refractivity contribution < 1.29 is 19.1 Å². The van der Waals surface area contributed by atoms with E-state index in [2.05, 4.69) is 34.4 Å². The van der Waals surface area contributed by atoms with Crippen molar-refractivity contribution >= 4 is 29.4 Å². The normalized spacial score (nSPS) is 13.2. The Hall–Kier alpha value is -2.87. The van der Waals surface area contributed by atoms with Crippen LogP contribution in [0.1, 0.15) is 54.9 Å². The van der Waals surface area contributed by atoms with Crippen molar-refractivity contribution in [1.82, 2.24) is 15.3 Å². The predicted octanol–water partition coefficient (Wildman–Crippen LogP) is 5.46. The van der Waals surface area contributed by atoms with Gasteiger partial charge < -0.3 is 20.1 Å². The third-order valence-electron chi connectivity index (χ3n) is 4.41. The lowest BCUT2D eigenvalue weighted by atomic mass is 9.91. The topological polar surface area (TPSA) is 102 Å². The number of benzene rings is 1. The molecule has 0 aliphatic rings. The Morgan fingerprint density at radius 2 is 1.82 bits per heavy atom. The molecule has 0 radical (unpaired) electrons. The quantitative estimate of drug-likeness (QED) is 0.524. The highest BCUT2D eigenvalue weighted by Crippen LogP contribution is 2.31. The van der Waals surface area contributed by atoms with Gasteiger partial charge in [0, 0.05) is 18.6 Å². The Labute approximate surface area is 200 Å². The minimum absolute atomic E-state index is 0.212. The Balaban J connectivity index is 2.15. The molecule has 0 saturated heterocycles. The molecule has 2 rings (SSSR count). The van der Waals surface area contributed by atoms with Gasteiger partial charge in [-0.2, -0.15) is 0 Å². The maximum atomic E-state index is 12.4. The van der Waals surface area contributed by atoms with Gasteiger partial charge in [0.2, 0.25) is 5.91 Å². The van der Waals surface area contributed by atoms with E-state index < -0.39 is 17.2 Å². The summed E-state index contributed by atoms with van der Waals surface area (Å²) in [6.45, 7) is 13.2. The van der Waals surface area contributed by atoms with E-state index in [4.69, 9.17) is 21.1 Å². The summed E-state index contributed by atoms with van der Waals surface area (Å²) < 4.78 is 11.4. The first-order valence-electron chi connectivity index (χ1n) is 10.8. The van der Waals surface area contributed by atoms with Crippen LogP contribution in [0.15, 0.2) is 30.6 Å². The van der Waals surface area contributed by atoms with Crippen LogP contribution in [0.2, 0.25) is 5.02 Å². The minimum atomic E-state index is -0.654. The lowest BCUT2D eigenvalue weighted by Gasteiger charge is -2.33. The van der Waals surface area contributed by atoms with E-state index in [1.165, 1.54) is 13.3 Å². The van der Waals surface area contributed by atoms with Crippen molar-refractivity contribution in [1.29, 1.82) is 0 Å². The second-order valence-electron chi connectivity index (χ2n) is 9.69. The van der Waals surface area contributed by atoms with Gasteiger partial charge in [0.1, 0.15) is 30.1 Å². The van der Waals surface area contributed by atoms with E-state index in [0.29, 0.717) is 34.6 Å². The Kier molecular flexibility index (Phi) is 8.66. The molecular formula is C24H33ClN4O4.